The summed E-state index contributed by atoms with van der Waals surface area (Å²) in [5.74, 6) is 0.632. The predicted molar refractivity (Wildman–Crippen MR) is 131 cm³/mol. The van der Waals surface area contributed by atoms with Gasteiger partial charge < -0.3 is 15.4 Å². The topological polar surface area (TPSA) is 68.2 Å². The Morgan fingerprint density at radius 3 is 2.56 bits per heavy atom. The molecule has 0 unspecified atom stereocenters. The van der Waals surface area contributed by atoms with Crippen LogP contribution in [0, 0.1) is 13.8 Å². The van der Waals surface area contributed by atoms with Crippen molar-refractivity contribution in [1.82, 2.24) is 15.1 Å². The Morgan fingerprint density at radius 1 is 1.16 bits per heavy atom. The Balaban J connectivity index is 0.00000289. The molecule has 0 aliphatic carbocycles. The number of benzene rings is 2. The van der Waals surface area contributed by atoms with E-state index in [1.165, 1.54) is 11.1 Å². The van der Waals surface area contributed by atoms with Crippen molar-refractivity contribution in [1.29, 1.82) is 0 Å². The number of aromatic nitrogens is 2. The van der Waals surface area contributed by atoms with E-state index < -0.39 is 0 Å². The zero-order chi connectivity index (χ0) is 22.0. The van der Waals surface area contributed by atoms with Crippen LogP contribution in [-0.2, 0) is 0 Å². The molecule has 0 spiro atoms. The van der Waals surface area contributed by atoms with Gasteiger partial charge >= 0.3 is 0 Å². The molecule has 1 saturated heterocycles. The molecule has 6 nitrogen and oxygen atoms in total. The Hall–Kier alpha value is -2.54. The summed E-state index contributed by atoms with van der Waals surface area (Å²) in [5, 5.41) is 11.4. The summed E-state index contributed by atoms with van der Waals surface area (Å²) in [7, 11) is 1.56. The van der Waals surface area contributed by atoms with E-state index in [-0.39, 0.29) is 24.2 Å². The number of halogens is 2. The SMILES string of the molecule is COc1ccc(NC(=O)c2cnn(-c3ccc(C)c(C)c3)c2C2CCNCC2)cc1Cl.Cl. The highest BCUT2D eigenvalue weighted by Crippen LogP contribution is 2.32. The van der Waals surface area contributed by atoms with Crippen molar-refractivity contribution in [2.24, 2.45) is 0 Å². The molecule has 2 aromatic carbocycles. The predicted octanol–water partition coefficient (Wildman–Crippen LogP) is 5.29. The maximum absolute atomic E-state index is 13.3. The van der Waals surface area contributed by atoms with Gasteiger partial charge in [-0.05, 0) is 81.2 Å². The summed E-state index contributed by atoms with van der Waals surface area (Å²) in [4.78, 5) is 13.3. The van der Waals surface area contributed by atoms with Crippen LogP contribution >= 0.6 is 24.0 Å². The molecule has 0 bridgehead atoms. The first kappa shape index (κ1) is 24.1. The number of carbonyl (C=O) groups is 1. The fraction of sp³-hybridized carbons (Fsp3) is 0.333. The number of nitrogens with one attached hydrogen (secondary N) is 2. The average Bonchev–Trinajstić information content (AvgIpc) is 3.22. The van der Waals surface area contributed by atoms with Gasteiger partial charge in [0.2, 0.25) is 0 Å². The fourth-order valence-electron chi connectivity index (χ4n) is 4.03. The van der Waals surface area contributed by atoms with Gasteiger partial charge in [-0.15, -0.1) is 12.4 Å². The largest absolute Gasteiger partial charge is 0.495 e. The molecule has 4 rings (SSSR count). The van der Waals surface area contributed by atoms with Crippen molar-refractivity contribution < 1.29 is 9.53 Å². The molecule has 2 N–H and O–H groups in total. The number of ether oxygens (including phenoxy) is 1. The lowest BCUT2D eigenvalue weighted by Crippen LogP contribution is -2.29. The van der Waals surface area contributed by atoms with Crippen molar-refractivity contribution in [2.75, 3.05) is 25.5 Å². The molecule has 1 fully saturated rings. The van der Waals surface area contributed by atoms with Gasteiger partial charge in [-0.25, -0.2) is 4.68 Å². The van der Waals surface area contributed by atoms with Gasteiger partial charge in [-0.1, -0.05) is 17.7 Å². The third kappa shape index (κ3) is 4.93. The van der Waals surface area contributed by atoms with E-state index in [0.29, 0.717) is 22.0 Å². The van der Waals surface area contributed by atoms with Crippen LogP contribution in [0.2, 0.25) is 5.02 Å². The van der Waals surface area contributed by atoms with E-state index in [2.05, 4.69) is 47.8 Å². The molecule has 0 radical (unpaired) electrons. The van der Waals surface area contributed by atoms with Gasteiger partial charge in [0.05, 0.1) is 35.3 Å². The number of hydrogen-bond donors (Lipinski definition) is 2. The van der Waals surface area contributed by atoms with E-state index in [0.717, 1.165) is 37.3 Å². The Morgan fingerprint density at radius 2 is 1.91 bits per heavy atom. The maximum atomic E-state index is 13.3. The molecular formula is C24H28Cl2N4O2. The maximum Gasteiger partial charge on any atom is 0.259 e. The van der Waals surface area contributed by atoms with Crippen LogP contribution in [0.1, 0.15) is 45.9 Å². The number of hydrogen-bond acceptors (Lipinski definition) is 4. The van der Waals surface area contributed by atoms with Crippen molar-refractivity contribution >= 4 is 35.6 Å². The fourth-order valence-corrected chi connectivity index (χ4v) is 4.28. The first-order valence-corrected chi connectivity index (χ1v) is 10.9. The second-order valence-electron chi connectivity index (χ2n) is 7.95. The number of carbonyl (C=O) groups excluding carboxylic acids is 1. The van der Waals surface area contributed by atoms with Crippen LogP contribution in [0.5, 0.6) is 5.75 Å². The molecule has 32 heavy (non-hydrogen) atoms. The van der Waals surface area contributed by atoms with E-state index in [4.69, 9.17) is 16.3 Å². The number of methoxy groups -OCH3 is 1. The summed E-state index contributed by atoms with van der Waals surface area (Å²) in [6.45, 7) is 6.04. The van der Waals surface area contributed by atoms with Crippen LogP contribution in [0.3, 0.4) is 0 Å². The van der Waals surface area contributed by atoms with Crippen LogP contribution in [-0.4, -0.2) is 35.9 Å². The molecule has 170 valence electrons. The lowest BCUT2D eigenvalue weighted by Gasteiger charge is -2.25. The second kappa shape index (κ2) is 10.4. The highest BCUT2D eigenvalue weighted by atomic mass is 35.5. The third-order valence-corrected chi connectivity index (χ3v) is 6.22. The van der Waals surface area contributed by atoms with Crippen LogP contribution < -0.4 is 15.4 Å². The monoisotopic (exact) mass is 474 g/mol. The molecule has 1 aliphatic rings. The smallest absolute Gasteiger partial charge is 0.259 e. The van der Waals surface area contributed by atoms with E-state index in [1.54, 1.807) is 31.5 Å². The molecular weight excluding hydrogens is 447 g/mol. The zero-order valence-electron chi connectivity index (χ0n) is 18.4. The molecule has 1 amide bonds. The second-order valence-corrected chi connectivity index (χ2v) is 8.36. The number of aryl methyl sites for hydroxylation is 2. The standard InChI is InChI=1S/C24H27ClN4O2.ClH/c1-15-4-6-19(12-16(15)2)29-23(17-8-10-26-11-9-17)20(14-27-29)24(30)28-18-5-7-22(31-3)21(25)13-18;/h4-7,12-14,17,26H,8-11H2,1-3H3,(H,28,30);1H. The quantitative estimate of drug-likeness (QED) is 0.526. The summed E-state index contributed by atoms with van der Waals surface area (Å²) < 4.78 is 7.12. The van der Waals surface area contributed by atoms with Gasteiger partial charge in [-0.3, -0.25) is 4.79 Å². The normalized spacial score (nSPS) is 14.0. The number of piperidine rings is 1. The molecule has 2 heterocycles. The third-order valence-electron chi connectivity index (χ3n) is 5.92. The Labute approximate surface area is 199 Å². The summed E-state index contributed by atoms with van der Waals surface area (Å²) >= 11 is 6.22. The molecule has 1 aromatic heterocycles. The molecule has 0 atom stereocenters. The van der Waals surface area contributed by atoms with Crippen molar-refractivity contribution in [3.05, 3.63) is 70.0 Å². The van der Waals surface area contributed by atoms with E-state index in [1.807, 2.05) is 4.68 Å². The van der Waals surface area contributed by atoms with Crippen molar-refractivity contribution in [2.45, 2.75) is 32.6 Å². The van der Waals surface area contributed by atoms with Crippen LogP contribution in [0.4, 0.5) is 5.69 Å². The van der Waals surface area contributed by atoms with Crippen molar-refractivity contribution in [3.8, 4) is 11.4 Å². The van der Waals surface area contributed by atoms with Crippen molar-refractivity contribution in [3.63, 3.8) is 0 Å². The molecule has 3 aromatic rings. The average molecular weight is 475 g/mol. The first-order valence-electron chi connectivity index (χ1n) is 10.5. The minimum absolute atomic E-state index is 0. The lowest BCUT2D eigenvalue weighted by atomic mass is 9.91. The number of nitrogens with zero attached hydrogens (tertiary/aromatic N) is 2. The lowest BCUT2D eigenvalue weighted by molar-refractivity contribution is 0.102. The van der Waals surface area contributed by atoms with E-state index >= 15 is 0 Å². The summed E-state index contributed by atoms with van der Waals surface area (Å²) in [6, 6.07) is 11.5. The molecule has 0 saturated carbocycles. The van der Waals surface area contributed by atoms with E-state index in [9.17, 15) is 4.79 Å². The molecule has 1 aliphatic heterocycles. The Bertz CT molecular complexity index is 1110. The number of amides is 1. The van der Waals surface area contributed by atoms with Crippen LogP contribution in [0.15, 0.2) is 42.6 Å². The van der Waals surface area contributed by atoms with Gasteiger partial charge in [0.25, 0.3) is 5.91 Å². The van der Waals surface area contributed by atoms with Crippen LogP contribution in [0.25, 0.3) is 5.69 Å². The highest BCUT2D eigenvalue weighted by molar-refractivity contribution is 6.32. The zero-order valence-corrected chi connectivity index (χ0v) is 20.0. The van der Waals surface area contributed by atoms with Gasteiger partial charge in [0, 0.05) is 11.6 Å². The Kier molecular flexibility index (Phi) is 7.82. The first-order chi connectivity index (χ1) is 15.0. The number of anilines is 1. The highest BCUT2D eigenvalue weighted by Gasteiger charge is 2.27. The summed E-state index contributed by atoms with van der Waals surface area (Å²) in [5.41, 5.74) is 5.57. The summed E-state index contributed by atoms with van der Waals surface area (Å²) in [6.07, 6.45) is 3.60. The minimum atomic E-state index is -0.190. The van der Waals surface area contributed by atoms with Gasteiger partial charge in [-0.2, -0.15) is 5.10 Å². The number of rotatable bonds is 5. The molecule has 8 heteroatoms. The van der Waals surface area contributed by atoms with Gasteiger partial charge in [0.15, 0.2) is 0 Å². The minimum Gasteiger partial charge on any atom is -0.495 e. The van der Waals surface area contributed by atoms with Gasteiger partial charge in [0.1, 0.15) is 5.75 Å².